The minimum atomic E-state index is -0.387. The number of ether oxygens (including phenoxy) is 1. The maximum Gasteiger partial charge on any atom is 0.338 e. The molecule has 1 rings (SSSR count). The van der Waals surface area contributed by atoms with E-state index in [-0.39, 0.29) is 5.97 Å². The summed E-state index contributed by atoms with van der Waals surface area (Å²) in [6.45, 7) is 5.83. The van der Waals surface area contributed by atoms with Crippen molar-refractivity contribution in [2.45, 2.75) is 6.92 Å². The van der Waals surface area contributed by atoms with Gasteiger partial charge in [0.05, 0.1) is 12.2 Å². The molecule has 0 aromatic heterocycles. The molecule has 0 fully saturated rings. The van der Waals surface area contributed by atoms with Gasteiger partial charge in [0.1, 0.15) is 0 Å². The minimum Gasteiger partial charge on any atom is -0.462 e. The second kappa shape index (κ2) is 5.47. The maximum atomic E-state index is 11.4. The first-order valence-electron chi connectivity index (χ1n) is 4.37. The lowest BCUT2D eigenvalue weighted by molar-refractivity contribution is -0.136. The van der Waals surface area contributed by atoms with Crippen molar-refractivity contribution < 1.29 is 9.53 Å². The Morgan fingerprint density at radius 3 is 2.33 bits per heavy atom. The Morgan fingerprint density at radius 2 is 1.87 bits per heavy atom. The lowest BCUT2D eigenvalue weighted by Gasteiger charge is -2.06. The van der Waals surface area contributed by atoms with E-state index in [1.54, 1.807) is 6.92 Å². The Kier molecular flexibility index (Phi) is 4.54. The fourth-order valence-corrected chi connectivity index (χ4v) is 2.36. The zero-order chi connectivity index (χ0) is 11.4. The summed E-state index contributed by atoms with van der Waals surface area (Å²) in [4.78, 5) is 11.4. The van der Waals surface area contributed by atoms with Crippen LogP contribution in [0.25, 0.3) is 5.57 Å². The van der Waals surface area contributed by atoms with Crippen molar-refractivity contribution in [3.8, 4) is 0 Å². The smallest absolute Gasteiger partial charge is 0.338 e. The van der Waals surface area contributed by atoms with Crippen molar-refractivity contribution in [3.05, 3.63) is 39.3 Å². The standard InChI is InChI=1S/C11H10Br2O2/c1-3-15-11(14)7(2)8-4-9(12)6-10(13)5-8/h4-6H,2-3H2,1H3. The fourth-order valence-electron chi connectivity index (χ4n) is 1.06. The van der Waals surface area contributed by atoms with Crippen molar-refractivity contribution in [2.75, 3.05) is 6.61 Å². The number of carbonyl (C=O) groups excluding carboxylic acids is 1. The van der Waals surface area contributed by atoms with Gasteiger partial charge in [-0.15, -0.1) is 0 Å². The lowest BCUT2D eigenvalue weighted by Crippen LogP contribution is -2.05. The molecule has 0 unspecified atom stereocenters. The van der Waals surface area contributed by atoms with Crippen molar-refractivity contribution >= 4 is 43.4 Å². The summed E-state index contributed by atoms with van der Waals surface area (Å²) in [6, 6.07) is 5.54. The highest BCUT2D eigenvalue weighted by Crippen LogP contribution is 2.24. The summed E-state index contributed by atoms with van der Waals surface area (Å²) in [5.74, 6) is -0.387. The Labute approximate surface area is 106 Å². The average Bonchev–Trinajstić information content (AvgIpc) is 2.15. The zero-order valence-corrected chi connectivity index (χ0v) is 11.4. The predicted molar refractivity (Wildman–Crippen MR) is 67.5 cm³/mol. The third kappa shape index (κ3) is 3.47. The van der Waals surface area contributed by atoms with E-state index in [4.69, 9.17) is 4.74 Å². The number of hydrogen-bond donors (Lipinski definition) is 0. The third-order valence-electron chi connectivity index (χ3n) is 1.73. The molecule has 0 radical (unpaired) electrons. The van der Waals surface area contributed by atoms with Crippen LogP contribution in [0.4, 0.5) is 0 Å². The molecule has 0 heterocycles. The molecular weight excluding hydrogens is 324 g/mol. The highest BCUT2D eigenvalue weighted by Gasteiger charge is 2.11. The van der Waals surface area contributed by atoms with Gasteiger partial charge in [-0.1, -0.05) is 38.4 Å². The number of benzene rings is 1. The van der Waals surface area contributed by atoms with Crippen LogP contribution in [0.3, 0.4) is 0 Å². The van der Waals surface area contributed by atoms with Crippen LogP contribution >= 0.6 is 31.9 Å². The summed E-state index contributed by atoms with van der Waals surface area (Å²) >= 11 is 6.69. The summed E-state index contributed by atoms with van der Waals surface area (Å²) in [5.41, 5.74) is 1.11. The van der Waals surface area contributed by atoms with Crippen LogP contribution in [-0.4, -0.2) is 12.6 Å². The molecule has 2 nitrogen and oxygen atoms in total. The van der Waals surface area contributed by atoms with Crippen LogP contribution in [0.1, 0.15) is 12.5 Å². The van der Waals surface area contributed by atoms with Gasteiger partial charge in [0.15, 0.2) is 0 Å². The fraction of sp³-hybridized carbons (Fsp3) is 0.182. The Balaban J connectivity index is 2.96. The molecule has 80 valence electrons. The van der Waals surface area contributed by atoms with Gasteiger partial charge >= 0.3 is 5.97 Å². The van der Waals surface area contributed by atoms with Gasteiger partial charge in [-0.2, -0.15) is 0 Å². The van der Waals surface area contributed by atoms with Gasteiger partial charge in [-0.25, -0.2) is 4.79 Å². The Hall–Kier alpha value is -0.610. The molecule has 0 aliphatic rings. The second-order valence-electron chi connectivity index (χ2n) is 2.86. The Morgan fingerprint density at radius 1 is 1.33 bits per heavy atom. The molecule has 0 aliphatic heterocycles. The molecule has 0 aliphatic carbocycles. The van der Waals surface area contributed by atoms with Crippen LogP contribution in [0.15, 0.2) is 33.7 Å². The molecule has 0 atom stereocenters. The summed E-state index contributed by atoms with van der Waals surface area (Å²) in [6.07, 6.45) is 0. The van der Waals surface area contributed by atoms with Gasteiger partial charge in [0.25, 0.3) is 0 Å². The van der Waals surface area contributed by atoms with Crippen LogP contribution in [0.5, 0.6) is 0 Å². The molecule has 0 spiro atoms. The number of carbonyl (C=O) groups is 1. The van der Waals surface area contributed by atoms with Crippen molar-refractivity contribution in [2.24, 2.45) is 0 Å². The van der Waals surface area contributed by atoms with Crippen LogP contribution in [0, 0.1) is 0 Å². The summed E-state index contributed by atoms with van der Waals surface area (Å²) in [5, 5.41) is 0. The average molecular weight is 334 g/mol. The summed E-state index contributed by atoms with van der Waals surface area (Å²) < 4.78 is 6.64. The molecule has 0 saturated carbocycles. The van der Waals surface area contributed by atoms with Crippen molar-refractivity contribution in [1.29, 1.82) is 0 Å². The molecule has 15 heavy (non-hydrogen) atoms. The van der Waals surface area contributed by atoms with Gasteiger partial charge in [-0.05, 0) is 30.7 Å². The number of hydrogen-bond acceptors (Lipinski definition) is 2. The molecule has 0 amide bonds. The van der Waals surface area contributed by atoms with E-state index in [2.05, 4.69) is 38.4 Å². The second-order valence-corrected chi connectivity index (χ2v) is 4.69. The summed E-state index contributed by atoms with van der Waals surface area (Å²) in [7, 11) is 0. The molecule has 1 aromatic carbocycles. The molecule has 0 N–H and O–H groups in total. The van der Waals surface area contributed by atoms with E-state index < -0.39 is 0 Å². The largest absolute Gasteiger partial charge is 0.462 e. The molecule has 0 bridgehead atoms. The van der Waals surface area contributed by atoms with E-state index in [1.807, 2.05) is 18.2 Å². The quantitative estimate of drug-likeness (QED) is 0.621. The van der Waals surface area contributed by atoms with Crippen LogP contribution in [-0.2, 0) is 9.53 Å². The lowest BCUT2D eigenvalue weighted by atomic mass is 10.1. The number of halogens is 2. The zero-order valence-electron chi connectivity index (χ0n) is 8.22. The first-order valence-corrected chi connectivity index (χ1v) is 5.95. The first kappa shape index (κ1) is 12.5. The monoisotopic (exact) mass is 332 g/mol. The Bertz CT molecular complexity index is 379. The first-order chi connectivity index (χ1) is 7.04. The van der Waals surface area contributed by atoms with E-state index in [9.17, 15) is 4.79 Å². The van der Waals surface area contributed by atoms with Gasteiger partial charge in [0.2, 0.25) is 0 Å². The van der Waals surface area contributed by atoms with E-state index in [0.29, 0.717) is 12.2 Å². The molecule has 4 heteroatoms. The molecule has 1 aromatic rings. The van der Waals surface area contributed by atoms with Crippen molar-refractivity contribution in [3.63, 3.8) is 0 Å². The highest BCUT2D eigenvalue weighted by atomic mass is 79.9. The number of rotatable bonds is 3. The van der Waals surface area contributed by atoms with E-state index >= 15 is 0 Å². The molecular formula is C11H10Br2O2. The third-order valence-corrected chi connectivity index (χ3v) is 2.65. The van der Waals surface area contributed by atoms with E-state index in [1.165, 1.54) is 0 Å². The SMILES string of the molecule is C=C(C(=O)OCC)c1cc(Br)cc(Br)c1. The van der Waals surface area contributed by atoms with Gasteiger partial charge < -0.3 is 4.74 Å². The predicted octanol–water partition coefficient (Wildman–Crippen LogP) is 3.79. The topological polar surface area (TPSA) is 26.3 Å². The van der Waals surface area contributed by atoms with Crippen LogP contribution < -0.4 is 0 Å². The van der Waals surface area contributed by atoms with E-state index in [0.717, 1.165) is 14.5 Å². The van der Waals surface area contributed by atoms with Crippen molar-refractivity contribution in [1.82, 2.24) is 0 Å². The van der Waals surface area contributed by atoms with Crippen LogP contribution in [0.2, 0.25) is 0 Å². The normalized spacial score (nSPS) is 9.80. The highest BCUT2D eigenvalue weighted by molar-refractivity contribution is 9.11. The van der Waals surface area contributed by atoms with Gasteiger partial charge in [-0.3, -0.25) is 0 Å². The maximum absolute atomic E-state index is 11.4. The number of esters is 1. The molecule has 0 saturated heterocycles. The minimum absolute atomic E-state index is 0.354. The van der Waals surface area contributed by atoms with Gasteiger partial charge in [0, 0.05) is 8.95 Å².